The summed E-state index contributed by atoms with van der Waals surface area (Å²) in [4.78, 5) is 36.9. The number of hydrogen-bond acceptors (Lipinski definition) is 8. The van der Waals surface area contributed by atoms with Crippen LogP contribution in [0.5, 0.6) is 0 Å². The molecule has 0 aliphatic rings. The summed E-state index contributed by atoms with van der Waals surface area (Å²) in [6.07, 6.45) is 0. The fraction of sp³-hybridized carbons (Fsp3) is 0.316. The average molecular weight is 449 g/mol. The van der Waals surface area contributed by atoms with Crippen molar-refractivity contribution in [3.63, 3.8) is 0 Å². The van der Waals surface area contributed by atoms with Crippen molar-refractivity contribution in [2.45, 2.75) is 34.2 Å². The molecule has 0 atom stereocenters. The number of thiophene rings is 2. The van der Waals surface area contributed by atoms with Crippen LogP contribution in [0.1, 0.15) is 47.4 Å². The van der Waals surface area contributed by atoms with Gasteiger partial charge in [-0.15, -0.1) is 22.7 Å². The molecule has 1 N–H and O–H groups in total. The van der Waals surface area contributed by atoms with Gasteiger partial charge in [-0.1, -0.05) is 0 Å². The van der Waals surface area contributed by atoms with Crippen molar-refractivity contribution in [3.05, 3.63) is 59.4 Å². The highest BCUT2D eigenvalue weighted by atomic mass is 32.1. The van der Waals surface area contributed by atoms with Crippen molar-refractivity contribution in [1.82, 2.24) is 9.78 Å². The van der Waals surface area contributed by atoms with Gasteiger partial charge in [-0.05, 0) is 50.3 Å². The van der Waals surface area contributed by atoms with Gasteiger partial charge < -0.3 is 10.1 Å². The number of amides is 1. The first kappa shape index (κ1) is 21.7. The van der Waals surface area contributed by atoms with E-state index in [0.29, 0.717) is 33.4 Å². The molecule has 0 unspecified atom stereocenters. The van der Waals surface area contributed by atoms with Crippen molar-refractivity contribution in [2.24, 2.45) is 0 Å². The summed E-state index contributed by atoms with van der Waals surface area (Å²) in [6.45, 7) is 7.24. The zero-order valence-electron chi connectivity index (χ0n) is 17.1. The molecule has 0 radical (unpaired) electrons. The van der Waals surface area contributed by atoms with Gasteiger partial charge in [-0.3, -0.25) is 19.6 Å². The maximum absolute atomic E-state index is 12.7. The van der Waals surface area contributed by atoms with Crippen LogP contribution in [0.2, 0.25) is 0 Å². The molecule has 158 valence electrons. The number of hydrogen-bond donors (Lipinski definition) is 1. The van der Waals surface area contributed by atoms with Gasteiger partial charge in [0.2, 0.25) is 0 Å². The Morgan fingerprint density at radius 2 is 2.00 bits per heavy atom. The summed E-state index contributed by atoms with van der Waals surface area (Å²) in [5.41, 5.74) is 2.76. The minimum absolute atomic E-state index is 0.00182. The molecule has 1 amide bonds. The third kappa shape index (κ3) is 3.98. The van der Waals surface area contributed by atoms with Crippen molar-refractivity contribution in [1.29, 1.82) is 0 Å². The number of esters is 1. The lowest BCUT2D eigenvalue weighted by Gasteiger charge is -2.05. The minimum Gasteiger partial charge on any atom is -0.465 e. The molecule has 0 fully saturated rings. The van der Waals surface area contributed by atoms with Gasteiger partial charge in [0, 0.05) is 4.88 Å². The number of ether oxygens (including phenoxy) is 1. The molecular weight excluding hydrogens is 428 g/mol. The number of rotatable bonds is 6. The molecule has 11 heteroatoms. The molecule has 0 aliphatic heterocycles. The second kappa shape index (κ2) is 8.36. The number of aromatic nitrogens is 2. The maximum Gasteiger partial charge on any atom is 0.341 e. The van der Waals surface area contributed by atoms with Gasteiger partial charge in [0.25, 0.3) is 5.91 Å². The van der Waals surface area contributed by atoms with Crippen molar-refractivity contribution in [3.8, 4) is 0 Å². The van der Waals surface area contributed by atoms with Crippen LogP contribution in [0.4, 0.5) is 10.7 Å². The largest absolute Gasteiger partial charge is 0.465 e. The van der Waals surface area contributed by atoms with Crippen molar-refractivity contribution in [2.75, 3.05) is 12.4 Å². The van der Waals surface area contributed by atoms with E-state index in [4.69, 9.17) is 4.74 Å². The number of carbonyl (C=O) groups is 2. The first-order valence-electron chi connectivity index (χ1n) is 8.89. The highest BCUT2D eigenvalue weighted by Gasteiger charge is 2.24. The highest BCUT2D eigenvalue weighted by molar-refractivity contribution is 7.17. The van der Waals surface area contributed by atoms with Gasteiger partial charge in [-0.25, -0.2) is 4.79 Å². The van der Waals surface area contributed by atoms with Gasteiger partial charge in [0.15, 0.2) is 0 Å². The maximum atomic E-state index is 12.7. The molecule has 3 aromatic heterocycles. The topological polar surface area (TPSA) is 116 Å². The zero-order chi connectivity index (χ0) is 22.2. The van der Waals surface area contributed by atoms with E-state index in [2.05, 4.69) is 10.4 Å². The minimum atomic E-state index is -0.495. The first-order valence-corrected chi connectivity index (χ1v) is 10.6. The number of nitro groups is 1. The van der Waals surface area contributed by atoms with Gasteiger partial charge in [0.05, 0.1) is 29.0 Å². The second-order valence-corrected chi connectivity index (χ2v) is 8.82. The SMILES string of the molecule is COC(=O)c1c(NC(=O)c2cc(Cn3nc(C)c([N+](=O)[O-])c3C)cs2)sc(C)c1C. The Hall–Kier alpha value is -3.05. The molecule has 0 bridgehead atoms. The van der Waals surface area contributed by atoms with Crippen LogP contribution in [0.3, 0.4) is 0 Å². The fourth-order valence-electron chi connectivity index (χ4n) is 3.08. The van der Waals surface area contributed by atoms with E-state index in [1.807, 2.05) is 19.2 Å². The van der Waals surface area contributed by atoms with Gasteiger partial charge in [0.1, 0.15) is 16.4 Å². The Balaban J connectivity index is 1.80. The second-order valence-electron chi connectivity index (χ2n) is 6.69. The van der Waals surface area contributed by atoms with E-state index < -0.39 is 10.9 Å². The molecular formula is C19H20N4O5S2. The van der Waals surface area contributed by atoms with Crippen LogP contribution >= 0.6 is 22.7 Å². The molecule has 0 saturated carbocycles. The summed E-state index contributed by atoms with van der Waals surface area (Å²) >= 11 is 2.57. The quantitative estimate of drug-likeness (QED) is 0.343. The number of carbonyl (C=O) groups excluding carboxylic acids is 2. The normalized spacial score (nSPS) is 10.8. The molecule has 30 heavy (non-hydrogen) atoms. The highest BCUT2D eigenvalue weighted by Crippen LogP contribution is 2.33. The van der Waals surface area contributed by atoms with E-state index in [0.717, 1.165) is 16.0 Å². The Morgan fingerprint density at radius 1 is 1.30 bits per heavy atom. The zero-order valence-corrected chi connectivity index (χ0v) is 18.7. The van der Waals surface area contributed by atoms with E-state index >= 15 is 0 Å². The van der Waals surface area contributed by atoms with E-state index in [1.165, 1.54) is 29.8 Å². The van der Waals surface area contributed by atoms with Gasteiger partial charge >= 0.3 is 11.7 Å². The monoisotopic (exact) mass is 448 g/mol. The van der Waals surface area contributed by atoms with E-state index in [9.17, 15) is 19.7 Å². The third-order valence-electron chi connectivity index (χ3n) is 4.74. The van der Waals surface area contributed by atoms with E-state index in [-0.39, 0.29) is 11.6 Å². The third-order valence-corrected chi connectivity index (χ3v) is 6.84. The molecule has 3 aromatic rings. The lowest BCUT2D eigenvalue weighted by atomic mass is 10.1. The van der Waals surface area contributed by atoms with Crippen LogP contribution in [0, 0.1) is 37.8 Å². The Morgan fingerprint density at radius 3 is 2.60 bits per heavy atom. The van der Waals surface area contributed by atoms with Crippen LogP contribution < -0.4 is 5.32 Å². The van der Waals surface area contributed by atoms with E-state index in [1.54, 1.807) is 24.6 Å². The Bertz CT molecular complexity index is 1160. The van der Waals surface area contributed by atoms with Crippen molar-refractivity contribution < 1.29 is 19.2 Å². The average Bonchev–Trinajstić information content (AvgIpc) is 3.33. The molecule has 0 aliphatic carbocycles. The fourth-order valence-corrected chi connectivity index (χ4v) is 4.93. The number of anilines is 1. The summed E-state index contributed by atoms with van der Waals surface area (Å²) < 4.78 is 6.38. The Kier molecular flexibility index (Phi) is 6.04. The molecule has 0 saturated heterocycles. The molecule has 3 rings (SSSR count). The van der Waals surface area contributed by atoms with Crippen LogP contribution in [0.25, 0.3) is 0 Å². The van der Waals surface area contributed by atoms with Crippen LogP contribution in [-0.4, -0.2) is 33.7 Å². The number of methoxy groups -OCH3 is 1. The van der Waals surface area contributed by atoms with Gasteiger partial charge in [-0.2, -0.15) is 5.10 Å². The lowest BCUT2D eigenvalue weighted by molar-refractivity contribution is -0.386. The Labute approximate surface area is 180 Å². The number of aryl methyl sites for hydroxylation is 2. The lowest BCUT2D eigenvalue weighted by Crippen LogP contribution is -2.13. The summed E-state index contributed by atoms with van der Waals surface area (Å²) in [7, 11) is 1.30. The molecule has 3 heterocycles. The standard InChI is InChI=1S/C19H20N4O5S2/c1-9-12(4)30-18(15(9)19(25)28-5)20-17(24)14-6-13(8-29-14)7-22-11(3)16(23(26)27)10(2)21-22/h6,8H,7H2,1-5H3,(H,20,24). The predicted octanol–water partition coefficient (Wildman–Crippen LogP) is 4.24. The summed E-state index contributed by atoms with van der Waals surface area (Å²) in [5, 5.41) is 20.5. The number of nitrogens with zero attached hydrogens (tertiary/aromatic N) is 3. The summed E-state index contributed by atoms with van der Waals surface area (Å²) in [6, 6.07) is 1.72. The predicted molar refractivity (Wildman–Crippen MR) is 115 cm³/mol. The molecule has 9 nitrogen and oxygen atoms in total. The molecule has 0 spiro atoms. The number of nitrogens with one attached hydrogen (secondary N) is 1. The summed E-state index contributed by atoms with van der Waals surface area (Å²) in [5.74, 6) is -0.831. The van der Waals surface area contributed by atoms with Crippen LogP contribution in [0.15, 0.2) is 11.4 Å². The smallest absolute Gasteiger partial charge is 0.341 e. The first-order chi connectivity index (χ1) is 14.1. The van der Waals surface area contributed by atoms with Crippen molar-refractivity contribution >= 4 is 45.2 Å². The molecule has 0 aromatic carbocycles. The van der Waals surface area contributed by atoms with Crippen LogP contribution in [-0.2, 0) is 11.3 Å².